The second-order valence-electron chi connectivity index (χ2n) is 5.25. The lowest BCUT2D eigenvalue weighted by molar-refractivity contribution is -0.163. The van der Waals surface area contributed by atoms with Gasteiger partial charge in [-0.3, -0.25) is 4.79 Å². The van der Waals surface area contributed by atoms with Gasteiger partial charge in [0.1, 0.15) is 0 Å². The van der Waals surface area contributed by atoms with Gasteiger partial charge in [-0.1, -0.05) is 12.2 Å². The molecule has 0 aromatic carbocycles. The summed E-state index contributed by atoms with van der Waals surface area (Å²) in [7, 11) is 0. The van der Waals surface area contributed by atoms with Crippen molar-refractivity contribution in [1.82, 2.24) is 5.06 Å². The van der Waals surface area contributed by atoms with Crippen LogP contribution in [0.2, 0.25) is 0 Å². The van der Waals surface area contributed by atoms with E-state index in [-0.39, 0.29) is 6.10 Å². The summed E-state index contributed by atoms with van der Waals surface area (Å²) in [6, 6.07) is 0. The summed E-state index contributed by atoms with van der Waals surface area (Å²) < 4.78 is 4.83. The van der Waals surface area contributed by atoms with Crippen molar-refractivity contribution < 1.29 is 19.2 Å². The molecule has 0 saturated heterocycles. The maximum Gasteiger partial charge on any atom is 0.533 e. The molecule has 0 aliphatic heterocycles. The Kier molecular flexibility index (Phi) is 3.89. The lowest BCUT2D eigenvalue weighted by Gasteiger charge is -2.23. The highest BCUT2D eigenvalue weighted by atomic mass is 16.8. The van der Waals surface area contributed by atoms with Gasteiger partial charge in [-0.25, -0.2) is 4.79 Å². The van der Waals surface area contributed by atoms with Crippen LogP contribution < -0.4 is 0 Å². The van der Waals surface area contributed by atoms with Crippen LogP contribution in [0.5, 0.6) is 0 Å². The fourth-order valence-corrected chi connectivity index (χ4v) is 2.75. The molecule has 0 heterocycles. The van der Waals surface area contributed by atoms with Crippen LogP contribution in [0.25, 0.3) is 0 Å². The van der Waals surface area contributed by atoms with Gasteiger partial charge < -0.3 is 9.57 Å². The monoisotopic (exact) mass is 253 g/mol. The Labute approximate surface area is 107 Å². The minimum Gasteiger partial charge on any atom is -0.430 e. The highest BCUT2D eigenvalue weighted by molar-refractivity contribution is 5.61. The predicted molar refractivity (Wildman–Crippen MR) is 64.3 cm³/mol. The summed E-state index contributed by atoms with van der Waals surface area (Å²) in [5.74, 6) is 1.54. The van der Waals surface area contributed by atoms with Crippen molar-refractivity contribution >= 4 is 12.6 Å². The number of rotatable bonds is 5. The standard InChI is InChI=1S/C13H19NO4/c1-9(2)17-13(16)18-14(8-15)7-12-6-10-3-4-11(12)5-10/h3-4,8-12H,5-7H2,1-2H3. The summed E-state index contributed by atoms with van der Waals surface area (Å²) >= 11 is 0. The Balaban J connectivity index is 1.81. The van der Waals surface area contributed by atoms with Gasteiger partial charge in [-0.2, -0.15) is 5.06 Å². The zero-order chi connectivity index (χ0) is 13.1. The molecule has 1 fully saturated rings. The first-order chi connectivity index (χ1) is 8.58. The van der Waals surface area contributed by atoms with Crippen LogP contribution in [-0.2, 0) is 14.4 Å². The number of nitrogens with zero attached hydrogens (tertiary/aromatic N) is 1. The average molecular weight is 253 g/mol. The summed E-state index contributed by atoms with van der Waals surface area (Å²) in [6.07, 6.45) is 6.13. The lowest BCUT2D eigenvalue weighted by Crippen LogP contribution is -2.33. The number of amides is 1. The first kappa shape index (κ1) is 12.9. The van der Waals surface area contributed by atoms with Gasteiger partial charge in [0.15, 0.2) is 0 Å². The number of hydrogen-bond donors (Lipinski definition) is 0. The first-order valence-electron chi connectivity index (χ1n) is 6.37. The van der Waals surface area contributed by atoms with Gasteiger partial charge in [0, 0.05) is 0 Å². The molecule has 0 aromatic rings. The van der Waals surface area contributed by atoms with Gasteiger partial charge >= 0.3 is 6.16 Å². The van der Waals surface area contributed by atoms with Gasteiger partial charge in [0.25, 0.3) is 0 Å². The molecule has 2 aliphatic rings. The molecule has 5 heteroatoms. The van der Waals surface area contributed by atoms with Crippen molar-refractivity contribution in [3.63, 3.8) is 0 Å². The second kappa shape index (κ2) is 5.42. The third-order valence-corrected chi connectivity index (χ3v) is 3.47. The summed E-state index contributed by atoms with van der Waals surface area (Å²) in [4.78, 5) is 27.1. The molecule has 1 amide bonds. The number of fused-ring (bicyclic) bond motifs is 2. The third kappa shape index (κ3) is 3.03. The summed E-state index contributed by atoms with van der Waals surface area (Å²) in [5, 5.41) is 1.05. The van der Waals surface area contributed by atoms with E-state index in [0.29, 0.717) is 30.7 Å². The van der Waals surface area contributed by atoms with E-state index in [1.165, 1.54) is 0 Å². The zero-order valence-electron chi connectivity index (χ0n) is 10.7. The van der Waals surface area contributed by atoms with Crippen LogP contribution in [0.15, 0.2) is 12.2 Å². The minimum absolute atomic E-state index is 0.253. The number of allylic oxidation sites excluding steroid dienone is 2. The van der Waals surface area contributed by atoms with Crippen LogP contribution in [0.1, 0.15) is 26.7 Å². The third-order valence-electron chi connectivity index (χ3n) is 3.47. The van der Waals surface area contributed by atoms with Crippen molar-refractivity contribution in [3.05, 3.63) is 12.2 Å². The van der Waals surface area contributed by atoms with E-state index < -0.39 is 6.16 Å². The largest absolute Gasteiger partial charge is 0.533 e. The Hall–Kier alpha value is -1.52. The van der Waals surface area contributed by atoms with E-state index in [0.717, 1.165) is 17.9 Å². The normalized spacial score (nSPS) is 28.5. The van der Waals surface area contributed by atoms with Crippen LogP contribution >= 0.6 is 0 Å². The highest BCUT2D eigenvalue weighted by Crippen LogP contribution is 2.43. The molecule has 3 unspecified atom stereocenters. The van der Waals surface area contributed by atoms with Gasteiger partial charge in [0.05, 0.1) is 12.6 Å². The van der Waals surface area contributed by atoms with Gasteiger partial charge in [-0.15, -0.1) is 0 Å². The molecule has 1 saturated carbocycles. The SMILES string of the molecule is CC(C)OC(=O)ON(C=O)CC1CC2C=CC1C2. The van der Waals surface area contributed by atoms with E-state index in [1.54, 1.807) is 13.8 Å². The molecule has 0 N–H and O–H groups in total. The second-order valence-corrected chi connectivity index (χ2v) is 5.25. The fourth-order valence-electron chi connectivity index (χ4n) is 2.75. The number of carbonyl (C=O) groups is 2. The molecular formula is C13H19NO4. The molecule has 2 aliphatic carbocycles. The molecule has 18 heavy (non-hydrogen) atoms. The Morgan fingerprint density at radius 1 is 1.44 bits per heavy atom. The van der Waals surface area contributed by atoms with Crippen LogP contribution in [0.4, 0.5) is 4.79 Å². The van der Waals surface area contributed by atoms with Crippen LogP contribution in [-0.4, -0.2) is 30.3 Å². The van der Waals surface area contributed by atoms with E-state index >= 15 is 0 Å². The lowest BCUT2D eigenvalue weighted by atomic mass is 9.94. The highest BCUT2D eigenvalue weighted by Gasteiger charge is 2.37. The van der Waals surface area contributed by atoms with E-state index in [1.807, 2.05) is 0 Å². The van der Waals surface area contributed by atoms with E-state index in [2.05, 4.69) is 12.2 Å². The fraction of sp³-hybridized carbons (Fsp3) is 0.692. The van der Waals surface area contributed by atoms with E-state index in [9.17, 15) is 9.59 Å². The van der Waals surface area contributed by atoms with Crippen LogP contribution in [0.3, 0.4) is 0 Å². The molecule has 5 nitrogen and oxygen atoms in total. The number of hydrogen-bond acceptors (Lipinski definition) is 4. The maximum absolute atomic E-state index is 11.3. The Morgan fingerprint density at radius 3 is 2.72 bits per heavy atom. The van der Waals surface area contributed by atoms with Crippen LogP contribution in [0, 0.1) is 17.8 Å². The van der Waals surface area contributed by atoms with E-state index in [4.69, 9.17) is 9.57 Å². The molecule has 2 rings (SSSR count). The van der Waals surface area contributed by atoms with Crippen molar-refractivity contribution in [3.8, 4) is 0 Å². The number of carbonyl (C=O) groups excluding carboxylic acids is 2. The topological polar surface area (TPSA) is 55.8 Å². The van der Waals surface area contributed by atoms with Crippen molar-refractivity contribution in [2.75, 3.05) is 6.54 Å². The maximum atomic E-state index is 11.3. The number of hydroxylamine groups is 2. The van der Waals surface area contributed by atoms with Crippen molar-refractivity contribution in [2.45, 2.75) is 32.8 Å². The van der Waals surface area contributed by atoms with Crippen molar-refractivity contribution in [2.24, 2.45) is 17.8 Å². The molecule has 0 radical (unpaired) electrons. The molecule has 100 valence electrons. The Morgan fingerprint density at radius 2 is 2.22 bits per heavy atom. The summed E-state index contributed by atoms with van der Waals surface area (Å²) in [5.41, 5.74) is 0. The first-order valence-corrected chi connectivity index (χ1v) is 6.37. The number of ether oxygens (including phenoxy) is 1. The predicted octanol–water partition coefficient (Wildman–Crippen LogP) is 2.13. The molecule has 2 bridgehead atoms. The Bertz CT molecular complexity index is 353. The zero-order valence-corrected chi connectivity index (χ0v) is 10.7. The van der Waals surface area contributed by atoms with Gasteiger partial charge in [-0.05, 0) is 44.4 Å². The molecule has 3 atom stereocenters. The quantitative estimate of drug-likeness (QED) is 0.326. The minimum atomic E-state index is -0.823. The average Bonchev–Trinajstić information content (AvgIpc) is 2.88. The molecular weight excluding hydrogens is 234 g/mol. The van der Waals surface area contributed by atoms with Crippen molar-refractivity contribution in [1.29, 1.82) is 0 Å². The molecule has 0 aromatic heterocycles. The smallest absolute Gasteiger partial charge is 0.430 e. The van der Waals surface area contributed by atoms with Gasteiger partial charge in [0.2, 0.25) is 6.41 Å². The summed E-state index contributed by atoms with van der Waals surface area (Å²) in [6.45, 7) is 3.91. The molecule has 0 spiro atoms.